The summed E-state index contributed by atoms with van der Waals surface area (Å²) in [6.45, 7) is 0. The highest BCUT2D eigenvalue weighted by atomic mass is 35.5. The highest BCUT2D eigenvalue weighted by Crippen LogP contribution is 2.41. The Morgan fingerprint density at radius 2 is 1.93 bits per heavy atom. The molecule has 1 atom stereocenters. The fourth-order valence-corrected chi connectivity index (χ4v) is 4.04. The molecule has 1 unspecified atom stereocenters. The van der Waals surface area contributed by atoms with Crippen molar-refractivity contribution in [1.29, 1.82) is 0 Å². The third-order valence-corrected chi connectivity index (χ3v) is 5.71. The number of hydrogen-bond acceptors (Lipinski definition) is 4. The molecule has 5 rings (SSSR count). The molecule has 5 nitrogen and oxygen atoms in total. The van der Waals surface area contributed by atoms with Crippen molar-refractivity contribution < 1.29 is 9.33 Å². The molecule has 2 aromatic carbocycles. The first-order valence-corrected chi connectivity index (χ1v) is 9.74. The Labute approximate surface area is 168 Å². The second-order valence-corrected chi connectivity index (χ2v) is 7.68. The summed E-state index contributed by atoms with van der Waals surface area (Å²) >= 11 is 6.48. The molecule has 1 saturated carbocycles. The molecule has 0 amide bonds. The number of para-hydroxylation sites is 1. The number of rotatable bonds is 5. The molecule has 1 fully saturated rings. The van der Waals surface area contributed by atoms with E-state index in [1.54, 1.807) is 0 Å². The summed E-state index contributed by atoms with van der Waals surface area (Å²) in [5, 5.41) is 0.645. The van der Waals surface area contributed by atoms with Crippen LogP contribution in [0.15, 0.2) is 82.8 Å². The van der Waals surface area contributed by atoms with Crippen LogP contribution in [0.5, 0.6) is 11.5 Å². The molecule has 3 aliphatic rings. The molecule has 28 heavy (non-hydrogen) atoms. The van der Waals surface area contributed by atoms with Gasteiger partial charge in [0.15, 0.2) is 5.70 Å². The van der Waals surface area contributed by atoms with Gasteiger partial charge in [0.25, 0.3) is 0 Å². The number of hydrogen-bond donors (Lipinski definition) is 1. The topological polar surface area (TPSA) is 46.0 Å². The lowest BCUT2D eigenvalue weighted by atomic mass is 9.76. The second kappa shape index (κ2) is 7.02. The first kappa shape index (κ1) is 17.4. The van der Waals surface area contributed by atoms with Crippen LogP contribution in [0.1, 0.15) is 24.3 Å². The van der Waals surface area contributed by atoms with E-state index in [2.05, 4.69) is 21.5 Å². The number of ether oxygens (including phenoxy) is 1. The number of quaternary nitrogens is 1. The van der Waals surface area contributed by atoms with Gasteiger partial charge in [-0.3, -0.25) is 4.99 Å². The van der Waals surface area contributed by atoms with Gasteiger partial charge < -0.3 is 4.74 Å². The van der Waals surface area contributed by atoms with E-state index in [0.29, 0.717) is 27.3 Å². The first-order chi connectivity index (χ1) is 13.7. The predicted octanol–water partition coefficient (Wildman–Crippen LogP) is 5.14. The minimum atomic E-state index is 0.410. The second-order valence-electron chi connectivity index (χ2n) is 7.27. The third kappa shape index (κ3) is 3.18. The zero-order valence-corrected chi connectivity index (χ0v) is 16.0. The highest BCUT2D eigenvalue weighted by molar-refractivity contribution is 6.32. The van der Waals surface area contributed by atoms with E-state index < -0.39 is 0 Å². The molecular weight excluding hydrogens is 372 g/mol. The fourth-order valence-electron chi connectivity index (χ4n) is 3.81. The summed E-state index contributed by atoms with van der Waals surface area (Å²) in [5.41, 5.74) is 5.97. The molecule has 140 valence electrons. The maximum Gasteiger partial charge on any atom is 0.219 e. The molecule has 2 heterocycles. The van der Waals surface area contributed by atoms with Crippen LogP contribution in [0.3, 0.4) is 0 Å². The van der Waals surface area contributed by atoms with Gasteiger partial charge in [-0.1, -0.05) is 35.9 Å². The van der Waals surface area contributed by atoms with Gasteiger partial charge >= 0.3 is 0 Å². The van der Waals surface area contributed by atoms with Crippen LogP contribution in [0, 0.1) is 0 Å². The minimum absolute atomic E-state index is 0.410. The Hall–Kier alpha value is -2.73. The van der Waals surface area contributed by atoms with Crippen molar-refractivity contribution in [2.75, 3.05) is 0 Å². The van der Waals surface area contributed by atoms with E-state index >= 15 is 0 Å². The van der Waals surface area contributed by atoms with Gasteiger partial charge in [-0.25, -0.2) is 4.99 Å². The average molecular weight is 392 g/mol. The number of aliphatic imine (C=N–C) groups is 2. The van der Waals surface area contributed by atoms with Crippen LogP contribution in [0.2, 0.25) is 5.02 Å². The zero-order chi connectivity index (χ0) is 19.0. The molecule has 0 saturated heterocycles. The molecule has 0 radical (unpaired) electrons. The number of nitrogens with zero attached hydrogens (tertiary/aromatic N) is 3. The number of fused-ring (bicyclic) bond motifs is 1. The van der Waals surface area contributed by atoms with E-state index in [1.807, 2.05) is 73.6 Å². The molecule has 2 aliphatic heterocycles. The van der Waals surface area contributed by atoms with Gasteiger partial charge in [-0.2, -0.15) is 0 Å². The van der Waals surface area contributed by atoms with E-state index in [0.717, 1.165) is 24.3 Å². The van der Waals surface area contributed by atoms with E-state index in [-0.39, 0.29) is 0 Å². The third-order valence-electron chi connectivity index (χ3n) is 5.41. The number of nitrogens with one attached hydrogen (secondary N) is 1. The normalized spacial score (nSPS) is 27.2. The van der Waals surface area contributed by atoms with Gasteiger partial charge in [-0.05, 0) is 48.6 Å². The van der Waals surface area contributed by atoms with Crippen LogP contribution in [-0.2, 0) is 0 Å². The summed E-state index contributed by atoms with van der Waals surface area (Å²) in [4.78, 5) is 8.48. The van der Waals surface area contributed by atoms with Crippen molar-refractivity contribution in [2.45, 2.75) is 24.8 Å². The Kier molecular flexibility index (Phi) is 4.36. The smallest absolute Gasteiger partial charge is 0.219 e. The van der Waals surface area contributed by atoms with Crippen LogP contribution >= 0.6 is 11.6 Å². The molecule has 6 heteroatoms. The lowest BCUT2D eigenvalue weighted by Crippen LogP contribution is -2.58. The molecule has 0 spiro atoms. The lowest BCUT2D eigenvalue weighted by Gasteiger charge is -2.40. The Balaban J connectivity index is 1.23. The number of benzene rings is 2. The minimum Gasteiger partial charge on any atom is -0.456 e. The van der Waals surface area contributed by atoms with Crippen molar-refractivity contribution in [1.82, 2.24) is 5.43 Å². The standard InChI is InChI=1S/C22H20ClN4O/c23-21-12-16(6-7-22(21)28-20-4-2-1-3-5-20)17-10-18(11-17)26-27-9-8-24-13-19(27)14-25-15-27/h1-9,12-15,17-18,26H,10-11H2/q+1. The number of halogens is 1. The Morgan fingerprint density at radius 3 is 2.75 bits per heavy atom. The molecule has 2 aromatic rings. The van der Waals surface area contributed by atoms with E-state index in [4.69, 9.17) is 16.3 Å². The van der Waals surface area contributed by atoms with E-state index in [1.165, 1.54) is 5.56 Å². The average Bonchev–Trinajstić information content (AvgIpc) is 3.11. The fraction of sp³-hybridized carbons (Fsp3) is 0.182. The Morgan fingerprint density at radius 1 is 1.07 bits per heavy atom. The quantitative estimate of drug-likeness (QED) is 0.717. The van der Waals surface area contributed by atoms with Gasteiger partial charge in [0, 0.05) is 0 Å². The van der Waals surface area contributed by atoms with Gasteiger partial charge in [0.05, 0.1) is 29.7 Å². The van der Waals surface area contributed by atoms with Crippen LogP contribution in [0.4, 0.5) is 0 Å². The summed E-state index contributed by atoms with van der Waals surface area (Å²) in [6.07, 6.45) is 11.5. The van der Waals surface area contributed by atoms with Gasteiger partial charge in [-0.15, -0.1) is 10.0 Å². The largest absolute Gasteiger partial charge is 0.456 e. The van der Waals surface area contributed by atoms with E-state index in [9.17, 15) is 0 Å². The van der Waals surface area contributed by atoms with Crippen molar-refractivity contribution in [3.8, 4) is 11.5 Å². The monoisotopic (exact) mass is 391 g/mol. The summed E-state index contributed by atoms with van der Waals surface area (Å²) in [5.74, 6) is 1.96. The Bertz CT molecular complexity index is 1010. The van der Waals surface area contributed by atoms with Crippen LogP contribution in [0.25, 0.3) is 0 Å². The SMILES string of the molecule is Clc1cc(C2CC(N[N+]34C=CN=CC3=CN=C4)C2)ccc1Oc1ccccc1. The molecular formula is C22H20ClN4O+. The molecule has 0 aromatic heterocycles. The van der Waals surface area contributed by atoms with Crippen molar-refractivity contribution in [2.24, 2.45) is 9.98 Å². The molecule has 0 bridgehead atoms. The maximum atomic E-state index is 6.48. The van der Waals surface area contributed by atoms with Gasteiger partial charge in [0.2, 0.25) is 6.34 Å². The summed E-state index contributed by atoms with van der Waals surface area (Å²) in [7, 11) is 0. The van der Waals surface area contributed by atoms with Crippen LogP contribution in [-0.4, -0.2) is 23.2 Å². The summed E-state index contributed by atoms with van der Waals surface area (Å²) in [6, 6.07) is 16.2. The number of allylic oxidation sites excluding steroid dienone is 1. The van der Waals surface area contributed by atoms with Crippen molar-refractivity contribution >= 4 is 24.2 Å². The van der Waals surface area contributed by atoms with Crippen LogP contribution < -0.4 is 10.2 Å². The van der Waals surface area contributed by atoms with Gasteiger partial charge in [0.1, 0.15) is 17.7 Å². The van der Waals surface area contributed by atoms with Crippen molar-refractivity contribution in [3.05, 3.63) is 83.4 Å². The molecule has 1 N–H and O–H groups in total. The van der Waals surface area contributed by atoms with Crippen molar-refractivity contribution in [3.63, 3.8) is 0 Å². The highest BCUT2D eigenvalue weighted by Gasteiger charge is 2.41. The maximum absolute atomic E-state index is 6.48. The lowest BCUT2D eigenvalue weighted by molar-refractivity contribution is -0.788. The predicted molar refractivity (Wildman–Crippen MR) is 111 cm³/mol. The first-order valence-electron chi connectivity index (χ1n) is 9.36. The molecule has 1 aliphatic carbocycles. The zero-order valence-electron chi connectivity index (χ0n) is 15.2. The summed E-state index contributed by atoms with van der Waals surface area (Å²) < 4.78 is 6.33.